The monoisotopic (exact) mass is 605 g/mol. The molecule has 3 atom stereocenters. The van der Waals surface area contributed by atoms with Crippen LogP contribution in [0.5, 0.6) is 5.75 Å². The van der Waals surface area contributed by atoms with Crippen molar-refractivity contribution in [2.45, 2.75) is 18.7 Å². The average Bonchev–Trinajstić information content (AvgIpc) is 2.75. The maximum Gasteiger partial charge on any atom is 0.236 e. The molecule has 168 valence electrons. The Bertz CT molecular complexity index is 1270. The Morgan fingerprint density at radius 3 is 2.58 bits per heavy atom. The maximum atomic E-state index is 13.8. The number of nitrogens with one attached hydrogen (secondary N) is 2. The Kier molecular flexibility index (Phi) is 5.89. The number of anilines is 2. The van der Waals surface area contributed by atoms with Crippen LogP contribution >= 0.6 is 55.7 Å². The summed E-state index contributed by atoms with van der Waals surface area (Å²) < 4.78 is 8.39. The molecule has 0 unspecified atom stereocenters. The summed E-state index contributed by atoms with van der Waals surface area (Å²) in [7, 11) is 0. The molecule has 0 spiro atoms. The molecule has 5 nitrogen and oxygen atoms in total. The zero-order chi connectivity index (χ0) is 23.3. The summed E-state index contributed by atoms with van der Waals surface area (Å²) in [5, 5.41) is 7.53. The number of halogens is 3. The summed E-state index contributed by atoms with van der Waals surface area (Å²) in [6.07, 6.45) is 0. The van der Waals surface area contributed by atoms with Crippen molar-refractivity contribution in [2.75, 3.05) is 10.2 Å². The van der Waals surface area contributed by atoms with Crippen LogP contribution < -0.4 is 20.3 Å². The molecule has 3 aromatic rings. The van der Waals surface area contributed by atoms with Crippen molar-refractivity contribution >= 4 is 78.1 Å². The zero-order valence-corrected chi connectivity index (χ0v) is 22.1. The van der Waals surface area contributed by atoms with Gasteiger partial charge >= 0.3 is 0 Å². The molecular formula is C24H18Br2ClN3O2S. The minimum atomic E-state index is -1.08. The molecule has 2 bridgehead atoms. The topological polar surface area (TPSA) is 53.6 Å². The van der Waals surface area contributed by atoms with Gasteiger partial charge in [-0.2, -0.15) is 0 Å². The molecule has 1 fully saturated rings. The van der Waals surface area contributed by atoms with Crippen molar-refractivity contribution in [1.82, 2.24) is 5.32 Å². The standard InChI is InChI=1S/C24H18Br2ClN3O2S/c1-24-20(22(31)28-16-8-6-15(27)7-9-16)21(18-12-14(26)5-10-19(18)32-24)29-23(33)30(24)17-4-2-3-13(25)11-17/h2-12,20-21H,1H3,(H,28,31)(H,29,33)/t20-,21-,24-/m1/s1. The molecule has 9 heteroatoms. The van der Waals surface area contributed by atoms with Gasteiger partial charge in [0.25, 0.3) is 0 Å². The minimum Gasteiger partial charge on any atom is -0.467 e. The van der Waals surface area contributed by atoms with Crippen LogP contribution in [0.2, 0.25) is 5.02 Å². The maximum absolute atomic E-state index is 13.8. The Balaban J connectivity index is 1.63. The van der Waals surface area contributed by atoms with Crippen molar-refractivity contribution < 1.29 is 9.53 Å². The van der Waals surface area contributed by atoms with Crippen LogP contribution in [-0.2, 0) is 4.79 Å². The molecule has 0 radical (unpaired) electrons. The second kappa shape index (κ2) is 8.58. The number of carbonyl (C=O) groups is 1. The molecule has 3 aromatic carbocycles. The summed E-state index contributed by atoms with van der Waals surface area (Å²) >= 11 is 18.9. The molecule has 0 aliphatic carbocycles. The van der Waals surface area contributed by atoms with E-state index in [9.17, 15) is 4.79 Å². The third-order valence-electron chi connectivity index (χ3n) is 5.92. The average molecular weight is 608 g/mol. The van der Waals surface area contributed by atoms with Gasteiger partial charge in [0, 0.05) is 30.9 Å². The van der Waals surface area contributed by atoms with Gasteiger partial charge in [0.2, 0.25) is 5.91 Å². The normalized spacial score (nSPS) is 23.3. The lowest BCUT2D eigenvalue weighted by molar-refractivity contribution is -0.130. The van der Waals surface area contributed by atoms with Crippen molar-refractivity contribution in [3.05, 3.63) is 86.3 Å². The van der Waals surface area contributed by atoms with Crippen LogP contribution in [0, 0.1) is 5.92 Å². The van der Waals surface area contributed by atoms with Crippen molar-refractivity contribution in [2.24, 2.45) is 5.92 Å². The van der Waals surface area contributed by atoms with Gasteiger partial charge in [0.05, 0.1) is 6.04 Å². The number of nitrogens with zero attached hydrogens (tertiary/aromatic N) is 1. The van der Waals surface area contributed by atoms with Crippen LogP contribution in [0.1, 0.15) is 18.5 Å². The lowest BCUT2D eigenvalue weighted by Gasteiger charge is -2.56. The van der Waals surface area contributed by atoms with Gasteiger partial charge in [-0.1, -0.05) is 49.5 Å². The molecular weight excluding hydrogens is 590 g/mol. The Morgan fingerprint density at radius 1 is 1.12 bits per heavy atom. The van der Waals surface area contributed by atoms with Crippen LogP contribution in [0.4, 0.5) is 11.4 Å². The first-order chi connectivity index (χ1) is 15.8. The number of amides is 1. The van der Waals surface area contributed by atoms with E-state index in [1.807, 2.05) is 54.3 Å². The molecule has 0 aromatic heterocycles. The largest absolute Gasteiger partial charge is 0.467 e. The number of thiocarbonyl (C=S) groups is 1. The van der Waals surface area contributed by atoms with E-state index in [2.05, 4.69) is 42.5 Å². The highest BCUT2D eigenvalue weighted by molar-refractivity contribution is 9.10. The van der Waals surface area contributed by atoms with E-state index in [1.54, 1.807) is 24.3 Å². The minimum absolute atomic E-state index is 0.189. The molecule has 1 amide bonds. The third-order valence-corrected chi connectivity index (χ3v) is 7.46. The molecule has 2 N–H and O–H groups in total. The van der Waals surface area contributed by atoms with Gasteiger partial charge in [-0.3, -0.25) is 9.69 Å². The highest BCUT2D eigenvalue weighted by Gasteiger charge is 2.59. The highest BCUT2D eigenvalue weighted by Crippen LogP contribution is 2.50. The lowest BCUT2D eigenvalue weighted by Crippen LogP contribution is -2.72. The highest BCUT2D eigenvalue weighted by atomic mass is 79.9. The van der Waals surface area contributed by atoms with Crippen molar-refractivity contribution in [3.63, 3.8) is 0 Å². The van der Waals surface area contributed by atoms with Crippen LogP contribution in [0.25, 0.3) is 0 Å². The first kappa shape index (κ1) is 22.7. The fraction of sp³-hybridized carbons (Fsp3) is 0.167. The first-order valence-corrected chi connectivity index (χ1v) is 12.5. The molecule has 5 rings (SSSR count). The predicted molar refractivity (Wildman–Crippen MR) is 142 cm³/mol. The first-order valence-electron chi connectivity index (χ1n) is 10.2. The molecule has 1 saturated heterocycles. The van der Waals surface area contributed by atoms with E-state index < -0.39 is 11.6 Å². The zero-order valence-electron chi connectivity index (χ0n) is 17.3. The van der Waals surface area contributed by atoms with Crippen molar-refractivity contribution in [1.29, 1.82) is 0 Å². The summed E-state index contributed by atoms with van der Waals surface area (Å²) in [4.78, 5) is 15.6. The van der Waals surface area contributed by atoms with Gasteiger partial charge < -0.3 is 15.4 Å². The van der Waals surface area contributed by atoms with Gasteiger partial charge in [-0.15, -0.1) is 0 Å². The van der Waals surface area contributed by atoms with Gasteiger partial charge in [0.15, 0.2) is 10.8 Å². The smallest absolute Gasteiger partial charge is 0.236 e. The number of carbonyl (C=O) groups excluding carboxylic acids is 1. The van der Waals surface area contributed by atoms with E-state index in [4.69, 9.17) is 28.6 Å². The van der Waals surface area contributed by atoms with E-state index in [-0.39, 0.29) is 11.9 Å². The molecule has 2 aliphatic rings. The Hall–Kier alpha value is -2.13. The molecule has 2 heterocycles. The number of hydrogen-bond acceptors (Lipinski definition) is 3. The lowest BCUT2D eigenvalue weighted by atomic mass is 9.78. The van der Waals surface area contributed by atoms with Crippen LogP contribution in [0.15, 0.2) is 75.7 Å². The van der Waals surface area contributed by atoms with Gasteiger partial charge in [-0.25, -0.2) is 0 Å². The van der Waals surface area contributed by atoms with Crippen LogP contribution in [-0.4, -0.2) is 16.7 Å². The number of benzene rings is 3. The number of rotatable bonds is 3. The van der Waals surface area contributed by atoms with Gasteiger partial charge in [0.1, 0.15) is 11.7 Å². The van der Waals surface area contributed by atoms with Gasteiger partial charge in [-0.05, 0) is 79.8 Å². The van der Waals surface area contributed by atoms with Crippen molar-refractivity contribution in [3.8, 4) is 5.75 Å². The quantitative estimate of drug-likeness (QED) is 0.326. The van der Waals surface area contributed by atoms with Crippen LogP contribution in [0.3, 0.4) is 0 Å². The van der Waals surface area contributed by atoms with E-state index >= 15 is 0 Å². The number of fused-ring (bicyclic) bond motifs is 4. The summed E-state index contributed by atoms with van der Waals surface area (Å²) in [6, 6.07) is 20.2. The summed E-state index contributed by atoms with van der Waals surface area (Å²) in [5.74, 6) is -0.109. The molecule has 0 saturated carbocycles. The number of hydrogen-bond donors (Lipinski definition) is 2. The Morgan fingerprint density at radius 2 is 1.85 bits per heavy atom. The number of ether oxygens (including phenoxy) is 1. The molecule has 33 heavy (non-hydrogen) atoms. The van der Waals surface area contributed by atoms with E-state index in [0.29, 0.717) is 21.6 Å². The second-order valence-electron chi connectivity index (χ2n) is 8.06. The third kappa shape index (κ3) is 4.03. The van der Waals surface area contributed by atoms with E-state index in [0.717, 1.165) is 20.2 Å². The summed E-state index contributed by atoms with van der Waals surface area (Å²) in [5.41, 5.74) is 1.26. The van der Waals surface area contributed by atoms with E-state index in [1.165, 1.54) is 0 Å². The SMILES string of the molecule is C[C@]12Oc3ccc(Br)cc3[C@@H](NC(=S)N1c1cccc(Br)c1)[C@@H]2C(=O)Nc1ccc(Cl)cc1. The predicted octanol–water partition coefficient (Wildman–Crippen LogP) is 6.66. The fourth-order valence-corrected chi connectivity index (χ4v) is 5.82. The second-order valence-corrected chi connectivity index (χ2v) is 10.7. The fourth-order valence-electron chi connectivity index (χ4n) is 4.51. The molecule has 2 aliphatic heterocycles. The summed E-state index contributed by atoms with van der Waals surface area (Å²) in [6.45, 7) is 1.91. The Labute approximate surface area is 218 Å².